The monoisotopic (exact) mass is 478 g/mol. The van der Waals surface area contributed by atoms with Gasteiger partial charge in [-0.1, -0.05) is 52.8 Å². The Kier molecular flexibility index (Phi) is 5.23. The molecule has 2 heterocycles. The van der Waals surface area contributed by atoms with E-state index >= 15 is 0 Å². The van der Waals surface area contributed by atoms with Crippen molar-refractivity contribution in [3.8, 4) is 0 Å². The second-order valence-corrected chi connectivity index (χ2v) is 9.14. The molecule has 5 nitrogen and oxygen atoms in total. The lowest BCUT2D eigenvalue weighted by Crippen LogP contribution is -2.29. The number of anilines is 1. The van der Waals surface area contributed by atoms with E-state index in [1.54, 1.807) is 36.4 Å². The van der Waals surface area contributed by atoms with Crippen LogP contribution in [0.1, 0.15) is 22.7 Å². The minimum atomic E-state index is -0.897. The Labute approximate surface area is 197 Å². The highest BCUT2D eigenvalue weighted by Gasteiger charge is 2.48. The first kappa shape index (κ1) is 21.3. The van der Waals surface area contributed by atoms with Crippen molar-refractivity contribution >= 4 is 55.7 Å². The highest BCUT2D eigenvalue weighted by molar-refractivity contribution is 7.22. The molecule has 0 aliphatic carbocycles. The number of aliphatic hydroxyl groups excluding tert-OH is 1. The van der Waals surface area contributed by atoms with Crippen molar-refractivity contribution in [2.75, 3.05) is 4.90 Å². The lowest BCUT2D eigenvalue weighted by molar-refractivity contribution is -0.132. The van der Waals surface area contributed by atoms with Gasteiger partial charge in [-0.3, -0.25) is 14.5 Å². The van der Waals surface area contributed by atoms with Gasteiger partial charge in [0.2, 0.25) is 0 Å². The largest absolute Gasteiger partial charge is 0.507 e. The maximum atomic E-state index is 13.7. The van der Waals surface area contributed by atoms with Gasteiger partial charge in [-0.25, -0.2) is 9.37 Å². The molecule has 1 amide bonds. The molecule has 3 aromatic carbocycles. The van der Waals surface area contributed by atoms with Gasteiger partial charge in [0.15, 0.2) is 5.13 Å². The van der Waals surface area contributed by atoms with E-state index in [2.05, 4.69) is 4.98 Å². The van der Waals surface area contributed by atoms with Gasteiger partial charge in [-0.2, -0.15) is 0 Å². The summed E-state index contributed by atoms with van der Waals surface area (Å²) in [6.45, 7) is 1.93. The van der Waals surface area contributed by atoms with Crippen molar-refractivity contribution in [1.29, 1.82) is 0 Å². The zero-order valence-corrected chi connectivity index (χ0v) is 18.8. The van der Waals surface area contributed by atoms with E-state index in [1.165, 1.54) is 23.1 Å². The lowest BCUT2D eigenvalue weighted by Gasteiger charge is -2.23. The molecular weight excluding hydrogens is 463 g/mol. The van der Waals surface area contributed by atoms with Gasteiger partial charge in [0.25, 0.3) is 5.78 Å². The number of rotatable bonds is 3. The minimum absolute atomic E-state index is 0.0448. The quantitative estimate of drug-likeness (QED) is 0.222. The summed E-state index contributed by atoms with van der Waals surface area (Å²) in [6, 6.07) is 16.9. The number of aliphatic hydroxyl groups is 1. The second kappa shape index (κ2) is 8.10. The summed E-state index contributed by atoms with van der Waals surface area (Å²) in [5.74, 6) is -2.35. The van der Waals surface area contributed by atoms with Crippen molar-refractivity contribution in [3.63, 3.8) is 0 Å². The number of thiazole rings is 1. The fourth-order valence-electron chi connectivity index (χ4n) is 3.85. The molecule has 1 N–H and O–H groups in total. The summed E-state index contributed by atoms with van der Waals surface area (Å²) < 4.78 is 14.3. The molecule has 1 aliphatic rings. The summed E-state index contributed by atoms with van der Waals surface area (Å²) in [5, 5.41) is 11.8. The molecule has 1 atom stereocenters. The number of fused-ring (bicyclic) bond motifs is 1. The predicted molar refractivity (Wildman–Crippen MR) is 127 cm³/mol. The molecule has 33 heavy (non-hydrogen) atoms. The molecule has 1 aliphatic heterocycles. The molecule has 0 radical (unpaired) electrons. The molecular formula is C25H16ClFN2O3S. The van der Waals surface area contributed by atoms with Crippen LogP contribution in [0.5, 0.6) is 0 Å². The first-order valence-corrected chi connectivity index (χ1v) is 11.2. The molecule has 0 saturated carbocycles. The van der Waals surface area contributed by atoms with Crippen LogP contribution >= 0.6 is 22.9 Å². The SMILES string of the molecule is Cc1ccc([C@H]2/C(=C(\O)c3ccc(Cl)cc3)C(=O)C(=O)N2c2nc3ccc(F)cc3s2)cc1. The lowest BCUT2D eigenvalue weighted by atomic mass is 9.95. The van der Waals surface area contributed by atoms with E-state index in [0.717, 1.165) is 16.9 Å². The zero-order chi connectivity index (χ0) is 23.3. The third-order valence-electron chi connectivity index (χ3n) is 5.50. The minimum Gasteiger partial charge on any atom is -0.507 e. The van der Waals surface area contributed by atoms with Crippen LogP contribution in [0.25, 0.3) is 16.0 Å². The van der Waals surface area contributed by atoms with Crippen LogP contribution in [0.3, 0.4) is 0 Å². The van der Waals surface area contributed by atoms with Gasteiger partial charge < -0.3 is 5.11 Å². The van der Waals surface area contributed by atoms with Crippen molar-refractivity contribution in [2.45, 2.75) is 13.0 Å². The van der Waals surface area contributed by atoms with Gasteiger partial charge in [-0.05, 0) is 55.0 Å². The Hall–Kier alpha value is -3.55. The summed E-state index contributed by atoms with van der Waals surface area (Å²) in [4.78, 5) is 32.1. The molecule has 4 aromatic rings. The van der Waals surface area contributed by atoms with Gasteiger partial charge in [-0.15, -0.1) is 0 Å². The number of halogens is 2. The fourth-order valence-corrected chi connectivity index (χ4v) is 4.99. The van der Waals surface area contributed by atoms with Crippen LogP contribution in [-0.2, 0) is 9.59 Å². The van der Waals surface area contributed by atoms with Crippen LogP contribution in [0.15, 0.2) is 72.3 Å². The summed E-state index contributed by atoms with van der Waals surface area (Å²) in [6.07, 6.45) is 0. The van der Waals surface area contributed by atoms with Crippen molar-refractivity contribution < 1.29 is 19.1 Å². The van der Waals surface area contributed by atoms with Crippen molar-refractivity contribution in [2.24, 2.45) is 0 Å². The molecule has 0 bridgehead atoms. The van der Waals surface area contributed by atoms with Crippen molar-refractivity contribution in [1.82, 2.24) is 4.98 Å². The Morgan fingerprint density at radius 2 is 1.76 bits per heavy atom. The van der Waals surface area contributed by atoms with E-state index in [0.29, 0.717) is 26.4 Å². The number of nitrogens with zero attached hydrogens (tertiary/aromatic N) is 2. The summed E-state index contributed by atoms with van der Waals surface area (Å²) >= 11 is 7.07. The van der Waals surface area contributed by atoms with Crippen LogP contribution < -0.4 is 4.90 Å². The molecule has 0 spiro atoms. The Morgan fingerprint density at radius 3 is 2.45 bits per heavy atom. The fraction of sp³-hybridized carbons (Fsp3) is 0.0800. The predicted octanol–water partition coefficient (Wildman–Crippen LogP) is 6.02. The number of carbonyl (C=O) groups excluding carboxylic acids is 2. The number of amides is 1. The maximum Gasteiger partial charge on any atom is 0.301 e. The smallest absolute Gasteiger partial charge is 0.301 e. The normalized spacial score (nSPS) is 17.8. The molecule has 8 heteroatoms. The Bertz CT molecular complexity index is 1450. The van der Waals surface area contributed by atoms with Gasteiger partial charge in [0.1, 0.15) is 11.6 Å². The second-order valence-electron chi connectivity index (χ2n) is 7.70. The van der Waals surface area contributed by atoms with Crippen LogP contribution in [0.2, 0.25) is 5.02 Å². The first-order valence-electron chi connectivity index (χ1n) is 10.0. The number of aromatic nitrogens is 1. The molecule has 1 saturated heterocycles. The van der Waals surface area contributed by atoms with E-state index < -0.39 is 23.5 Å². The van der Waals surface area contributed by atoms with E-state index in [9.17, 15) is 19.1 Å². The molecule has 5 rings (SSSR count). The molecule has 1 fully saturated rings. The molecule has 1 aromatic heterocycles. The number of ketones is 1. The third-order valence-corrected chi connectivity index (χ3v) is 6.77. The Balaban J connectivity index is 1.73. The summed E-state index contributed by atoms with van der Waals surface area (Å²) in [7, 11) is 0. The summed E-state index contributed by atoms with van der Waals surface area (Å²) in [5.41, 5.74) is 2.47. The zero-order valence-electron chi connectivity index (χ0n) is 17.3. The number of carbonyl (C=O) groups is 2. The average Bonchev–Trinajstić information content (AvgIpc) is 3.32. The number of hydrogen-bond acceptors (Lipinski definition) is 5. The Morgan fingerprint density at radius 1 is 1.06 bits per heavy atom. The maximum absolute atomic E-state index is 13.7. The van der Waals surface area contributed by atoms with Crippen LogP contribution in [0.4, 0.5) is 9.52 Å². The highest BCUT2D eigenvalue weighted by atomic mass is 35.5. The standard InChI is InChI=1S/C25H16ClFN2O3S/c1-13-2-4-14(5-3-13)21-20(22(30)15-6-8-16(26)9-7-15)23(31)24(32)29(21)25-28-18-11-10-17(27)12-19(18)33-25/h2-12,21,30H,1H3/b22-20+/t21-/m0/s1. The number of Topliss-reactive ketones (excluding diaryl/α,β-unsaturated/α-hetero) is 1. The highest BCUT2D eigenvalue weighted by Crippen LogP contribution is 2.44. The van der Waals surface area contributed by atoms with E-state index in [4.69, 9.17) is 11.6 Å². The van der Waals surface area contributed by atoms with Crippen LogP contribution in [0, 0.1) is 12.7 Å². The average molecular weight is 479 g/mol. The van der Waals surface area contributed by atoms with Crippen LogP contribution in [-0.4, -0.2) is 21.8 Å². The third kappa shape index (κ3) is 3.69. The number of aryl methyl sites for hydroxylation is 1. The van der Waals surface area contributed by atoms with Gasteiger partial charge in [0.05, 0.1) is 21.8 Å². The van der Waals surface area contributed by atoms with E-state index in [-0.39, 0.29) is 16.5 Å². The van der Waals surface area contributed by atoms with E-state index in [1.807, 2.05) is 19.1 Å². The molecule has 0 unspecified atom stereocenters. The molecule has 164 valence electrons. The number of benzene rings is 3. The topological polar surface area (TPSA) is 70.5 Å². The van der Waals surface area contributed by atoms with Gasteiger partial charge >= 0.3 is 5.91 Å². The van der Waals surface area contributed by atoms with Gasteiger partial charge in [0, 0.05) is 10.6 Å². The van der Waals surface area contributed by atoms with Crippen molar-refractivity contribution in [3.05, 3.63) is 99.8 Å². The number of hydrogen-bond donors (Lipinski definition) is 1. The first-order chi connectivity index (χ1) is 15.8.